The van der Waals surface area contributed by atoms with Gasteiger partial charge in [-0.25, -0.2) is 0 Å². The molecule has 1 aliphatic rings. The zero-order chi connectivity index (χ0) is 14.4. The number of benzene rings is 1. The Balaban J connectivity index is 1.72. The van der Waals surface area contributed by atoms with Crippen molar-refractivity contribution in [3.05, 3.63) is 30.3 Å². The summed E-state index contributed by atoms with van der Waals surface area (Å²) in [6.07, 6.45) is 3.96. The number of amides is 1. The highest BCUT2D eigenvalue weighted by molar-refractivity contribution is 8.00. The highest BCUT2D eigenvalue weighted by Crippen LogP contribution is 2.24. The van der Waals surface area contributed by atoms with Crippen LogP contribution in [-0.4, -0.2) is 23.7 Å². The average molecular weight is 292 g/mol. The molecule has 3 N–H and O–H groups in total. The van der Waals surface area contributed by atoms with Crippen LogP contribution in [0.15, 0.2) is 35.2 Å². The van der Waals surface area contributed by atoms with E-state index < -0.39 is 0 Å². The Labute approximate surface area is 125 Å². The van der Waals surface area contributed by atoms with Gasteiger partial charge in [0.1, 0.15) is 0 Å². The Morgan fingerprint density at radius 1 is 1.40 bits per heavy atom. The number of rotatable bonds is 5. The van der Waals surface area contributed by atoms with Crippen molar-refractivity contribution >= 4 is 17.7 Å². The van der Waals surface area contributed by atoms with Crippen LogP contribution in [0.25, 0.3) is 0 Å². The highest BCUT2D eigenvalue weighted by Gasteiger charge is 2.25. The molecule has 1 aliphatic carbocycles. The Kier molecular flexibility index (Phi) is 5.92. The summed E-state index contributed by atoms with van der Waals surface area (Å²) >= 11 is 1.79. The highest BCUT2D eigenvalue weighted by atomic mass is 32.2. The first-order valence-electron chi connectivity index (χ1n) is 7.40. The van der Waals surface area contributed by atoms with Crippen molar-refractivity contribution in [3.63, 3.8) is 0 Å². The van der Waals surface area contributed by atoms with E-state index in [-0.39, 0.29) is 17.9 Å². The zero-order valence-electron chi connectivity index (χ0n) is 12.0. The van der Waals surface area contributed by atoms with E-state index in [4.69, 9.17) is 5.73 Å². The van der Waals surface area contributed by atoms with Crippen molar-refractivity contribution in [2.45, 2.75) is 48.8 Å². The summed E-state index contributed by atoms with van der Waals surface area (Å²) in [5, 5.41) is 3.45. The largest absolute Gasteiger partial charge is 0.355 e. The molecule has 1 fully saturated rings. The molecule has 1 saturated carbocycles. The van der Waals surface area contributed by atoms with Crippen LogP contribution in [-0.2, 0) is 4.79 Å². The van der Waals surface area contributed by atoms with Crippen molar-refractivity contribution in [1.82, 2.24) is 5.32 Å². The van der Waals surface area contributed by atoms with Gasteiger partial charge in [0.2, 0.25) is 5.91 Å². The third kappa shape index (κ3) is 4.84. The minimum atomic E-state index is 0.118. The maximum atomic E-state index is 12.1. The monoisotopic (exact) mass is 292 g/mol. The lowest BCUT2D eigenvalue weighted by atomic mass is 9.85. The maximum Gasteiger partial charge on any atom is 0.223 e. The molecule has 0 saturated heterocycles. The summed E-state index contributed by atoms with van der Waals surface area (Å²) in [7, 11) is 0. The molecule has 0 aliphatic heterocycles. The number of carbonyl (C=O) groups is 1. The van der Waals surface area contributed by atoms with Gasteiger partial charge in [-0.15, -0.1) is 11.8 Å². The van der Waals surface area contributed by atoms with Crippen LogP contribution in [0.3, 0.4) is 0 Å². The smallest absolute Gasteiger partial charge is 0.223 e. The average Bonchev–Trinajstić information content (AvgIpc) is 2.46. The van der Waals surface area contributed by atoms with Crippen LogP contribution in [0.5, 0.6) is 0 Å². The number of nitrogens with two attached hydrogens (primary N) is 1. The Bertz CT molecular complexity index is 424. The fourth-order valence-electron chi connectivity index (χ4n) is 2.63. The molecule has 0 radical (unpaired) electrons. The molecule has 1 aromatic carbocycles. The van der Waals surface area contributed by atoms with Crippen molar-refractivity contribution < 1.29 is 4.79 Å². The van der Waals surface area contributed by atoms with E-state index in [9.17, 15) is 4.79 Å². The zero-order valence-corrected chi connectivity index (χ0v) is 12.9. The van der Waals surface area contributed by atoms with E-state index in [2.05, 4.69) is 24.4 Å². The molecule has 3 nitrogen and oxygen atoms in total. The summed E-state index contributed by atoms with van der Waals surface area (Å²) in [6, 6.07) is 10.5. The number of hydrogen-bond acceptors (Lipinski definition) is 3. The second-order valence-corrected chi connectivity index (χ2v) is 7.12. The minimum absolute atomic E-state index is 0.118. The summed E-state index contributed by atoms with van der Waals surface area (Å²) in [5.74, 6) is 0.299. The molecule has 1 amide bonds. The van der Waals surface area contributed by atoms with Gasteiger partial charge in [-0.05, 0) is 31.4 Å². The van der Waals surface area contributed by atoms with Crippen molar-refractivity contribution in [3.8, 4) is 0 Å². The van der Waals surface area contributed by atoms with Gasteiger partial charge in [-0.1, -0.05) is 31.5 Å². The van der Waals surface area contributed by atoms with Gasteiger partial charge in [0, 0.05) is 28.6 Å². The lowest BCUT2D eigenvalue weighted by Gasteiger charge is -2.26. The molecule has 0 bridgehead atoms. The molecule has 2 rings (SSSR count). The molecule has 0 heterocycles. The Morgan fingerprint density at radius 2 is 2.15 bits per heavy atom. The van der Waals surface area contributed by atoms with Crippen LogP contribution >= 0.6 is 11.8 Å². The van der Waals surface area contributed by atoms with Crippen molar-refractivity contribution in [1.29, 1.82) is 0 Å². The van der Waals surface area contributed by atoms with E-state index in [1.165, 1.54) is 4.90 Å². The molecular formula is C16H24N2OS. The second-order valence-electron chi connectivity index (χ2n) is 5.61. The first-order valence-corrected chi connectivity index (χ1v) is 8.28. The molecule has 3 unspecified atom stereocenters. The van der Waals surface area contributed by atoms with Gasteiger partial charge in [-0.3, -0.25) is 4.79 Å². The molecule has 1 aromatic rings. The molecule has 4 heteroatoms. The summed E-state index contributed by atoms with van der Waals surface area (Å²) in [4.78, 5) is 13.4. The van der Waals surface area contributed by atoms with Gasteiger partial charge < -0.3 is 11.1 Å². The fraction of sp³-hybridized carbons (Fsp3) is 0.562. The van der Waals surface area contributed by atoms with Crippen LogP contribution in [0.2, 0.25) is 0 Å². The summed E-state index contributed by atoms with van der Waals surface area (Å²) in [5.41, 5.74) is 5.94. The molecule has 3 atom stereocenters. The summed E-state index contributed by atoms with van der Waals surface area (Å²) < 4.78 is 0. The van der Waals surface area contributed by atoms with Crippen molar-refractivity contribution in [2.24, 2.45) is 11.7 Å². The van der Waals surface area contributed by atoms with Crippen LogP contribution in [0.4, 0.5) is 0 Å². The number of carbonyl (C=O) groups excluding carboxylic acids is 1. The molecule has 0 aromatic heterocycles. The van der Waals surface area contributed by atoms with Crippen molar-refractivity contribution in [2.75, 3.05) is 6.54 Å². The third-order valence-electron chi connectivity index (χ3n) is 3.73. The van der Waals surface area contributed by atoms with E-state index >= 15 is 0 Å². The predicted molar refractivity (Wildman–Crippen MR) is 84.7 cm³/mol. The second kappa shape index (κ2) is 7.70. The van der Waals surface area contributed by atoms with Gasteiger partial charge in [0.05, 0.1) is 0 Å². The van der Waals surface area contributed by atoms with Gasteiger partial charge >= 0.3 is 0 Å². The standard InChI is InChI=1S/C16H24N2OS/c1-12(20-15-8-3-2-4-9-15)11-18-16(19)13-6-5-7-14(17)10-13/h2-4,8-9,12-14H,5-7,10-11,17H2,1H3,(H,18,19). The third-order valence-corrected chi connectivity index (χ3v) is 4.84. The lowest BCUT2D eigenvalue weighted by Crippen LogP contribution is -2.39. The molecule has 20 heavy (non-hydrogen) atoms. The van der Waals surface area contributed by atoms with Crippen LogP contribution < -0.4 is 11.1 Å². The first-order chi connectivity index (χ1) is 9.65. The van der Waals surface area contributed by atoms with E-state index in [0.29, 0.717) is 11.8 Å². The normalized spacial score (nSPS) is 24.1. The molecular weight excluding hydrogens is 268 g/mol. The van der Waals surface area contributed by atoms with Crippen LogP contribution in [0, 0.1) is 5.92 Å². The van der Waals surface area contributed by atoms with Gasteiger partial charge in [0.15, 0.2) is 0 Å². The van der Waals surface area contributed by atoms with E-state index in [1.54, 1.807) is 11.8 Å². The van der Waals surface area contributed by atoms with E-state index in [1.807, 2.05) is 18.2 Å². The van der Waals surface area contributed by atoms with Crippen LogP contribution in [0.1, 0.15) is 32.6 Å². The number of nitrogens with one attached hydrogen (secondary N) is 1. The lowest BCUT2D eigenvalue weighted by molar-refractivity contribution is -0.126. The van der Waals surface area contributed by atoms with Gasteiger partial charge in [-0.2, -0.15) is 0 Å². The predicted octanol–water partition coefficient (Wildman–Crippen LogP) is 2.80. The first kappa shape index (κ1) is 15.4. The number of thioether (sulfide) groups is 1. The summed E-state index contributed by atoms with van der Waals surface area (Å²) in [6.45, 7) is 2.86. The maximum absolute atomic E-state index is 12.1. The Hall–Kier alpha value is -1.00. The Morgan fingerprint density at radius 3 is 2.85 bits per heavy atom. The number of hydrogen-bond donors (Lipinski definition) is 2. The minimum Gasteiger partial charge on any atom is -0.355 e. The molecule has 0 spiro atoms. The quantitative estimate of drug-likeness (QED) is 0.821. The fourth-order valence-corrected chi connectivity index (χ4v) is 3.57. The topological polar surface area (TPSA) is 55.1 Å². The SMILES string of the molecule is CC(CNC(=O)C1CCCC(N)C1)Sc1ccccc1. The van der Waals surface area contributed by atoms with Gasteiger partial charge in [0.25, 0.3) is 0 Å². The van der Waals surface area contributed by atoms with E-state index in [0.717, 1.165) is 25.7 Å². The molecule has 110 valence electrons.